The van der Waals surface area contributed by atoms with Gasteiger partial charge in [-0.15, -0.1) is 0 Å². The van der Waals surface area contributed by atoms with Crippen LogP contribution < -0.4 is 10.9 Å². The largest absolute Gasteiger partial charge is 0.380 e. The maximum absolute atomic E-state index is 12.9. The lowest BCUT2D eigenvalue weighted by atomic mass is 10.1. The van der Waals surface area contributed by atoms with Gasteiger partial charge in [0.2, 0.25) is 0 Å². The molecule has 0 spiro atoms. The summed E-state index contributed by atoms with van der Waals surface area (Å²) >= 11 is 0. The summed E-state index contributed by atoms with van der Waals surface area (Å²) in [6, 6.07) is 22.1. The van der Waals surface area contributed by atoms with E-state index in [0.29, 0.717) is 41.1 Å². The molecule has 1 aromatic heterocycles. The number of amides is 1. The summed E-state index contributed by atoms with van der Waals surface area (Å²) in [5.74, 6) is 0.422. The standard InChI is InChI=1S/C25H23N3O3/c1-17-27-23-6-4-3-5-22(23)25(30)28(17)21-13-11-20(12-14-21)24(29)26-15-18-7-9-19(10-8-18)16-31-2/h3-14H,15-16H2,1-2H3,(H,26,29). The Bertz CT molecular complexity index is 1280. The minimum absolute atomic E-state index is 0.128. The molecule has 0 aliphatic carbocycles. The van der Waals surface area contributed by atoms with Crippen molar-refractivity contribution in [1.82, 2.24) is 14.9 Å². The number of aromatic nitrogens is 2. The molecule has 0 bridgehead atoms. The van der Waals surface area contributed by atoms with Crippen molar-refractivity contribution < 1.29 is 9.53 Å². The van der Waals surface area contributed by atoms with Crippen LogP contribution in [-0.4, -0.2) is 22.6 Å². The molecule has 6 nitrogen and oxygen atoms in total. The molecular formula is C25H23N3O3. The molecule has 0 saturated carbocycles. The first-order valence-corrected chi connectivity index (χ1v) is 10.0. The van der Waals surface area contributed by atoms with Crippen molar-refractivity contribution in [2.75, 3.05) is 7.11 Å². The van der Waals surface area contributed by atoms with Crippen LogP contribution in [0.5, 0.6) is 0 Å². The monoisotopic (exact) mass is 413 g/mol. The van der Waals surface area contributed by atoms with Crippen LogP contribution in [0.1, 0.15) is 27.3 Å². The third kappa shape index (κ3) is 4.39. The van der Waals surface area contributed by atoms with Crippen molar-refractivity contribution in [3.8, 4) is 5.69 Å². The fraction of sp³-hybridized carbons (Fsp3) is 0.160. The second kappa shape index (κ2) is 8.93. The first-order valence-electron chi connectivity index (χ1n) is 10.0. The van der Waals surface area contributed by atoms with E-state index in [4.69, 9.17) is 4.74 Å². The van der Waals surface area contributed by atoms with Crippen LogP contribution in [0.15, 0.2) is 77.6 Å². The lowest BCUT2D eigenvalue weighted by Crippen LogP contribution is -2.24. The van der Waals surface area contributed by atoms with Crippen molar-refractivity contribution in [3.05, 3.63) is 106 Å². The maximum atomic E-state index is 12.9. The van der Waals surface area contributed by atoms with E-state index in [0.717, 1.165) is 11.1 Å². The number of nitrogens with one attached hydrogen (secondary N) is 1. The Labute approximate surface area is 180 Å². The van der Waals surface area contributed by atoms with E-state index >= 15 is 0 Å². The van der Waals surface area contributed by atoms with Crippen LogP contribution in [0, 0.1) is 6.92 Å². The van der Waals surface area contributed by atoms with Crippen LogP contribution in [0.2, 0.25) is 0 Å². The quantitative estimate of drug-likeness (QED) is 0.522. The Balaban J connectivity index is 1.50. The minimum Gasteiger partial charge on any atom is -0.380 e. The van der Waals surface area contributed by atoms with Gasteiger partial charge in [-0.3, -0.25) is 14.2 Å². The number of nitrogens with zero attached hydrogens (tertiary/aromatic N) is 2. The number of rotatable bonds is 6. The summed E-state index contributed by atoms with van der Waals surface area (Å²) in [6.07, 6.45) is 0. The average molecular weight is 413 g/mol. The summed E-state index contributed by atoms with van der Waals surface area (Å²) < 4.78 is 6.67. The fourth-order valence-electron chi connectivity index (χ4n) is 3.51. The number of fused-ring (bicyclic) bond motifs is 1. The van der Waals surface area contributed by atoms with Crippen LogP contribution in [-0.2, 0) is 17.9 Å². The molecule has 4 rings (SSSR count). The molecule has 4 aromatic rings. The molecule has 0 saturated heterocycles. The van der Waals surface area contributed by atoms with Crippen LogP contribution in [0.3, 0.4) is 0 Å². The van der Waals surface area contributed by atoms with Crippen LogP contribution >= 0.6 is 0 Å². The van der Waals surface area contributed by atoms with E-state index < -0.39 is 0 Å². The number of methoxy groups -OCH3 is 1. The molecule has 6 heteroatoms. The predicted octanol–water partition coefficient (Wildman–Crippen LogP) is 3.77. The van der Waals surface area contributed by atoms with E-state index in [1.165, 1.54) is 0 Å². The van der Waals surface area contributed by atoms with E-state index in [-0.39, 0.29) is 11.5 Å². The number of aryl methyl sites for hydroxylation is 1. The van der Waals surface area contributed by atoms with Crippen molar-refractivity contribution in [2.45, 2.75) is 20.1 Å². The van der Waals surface area contributed by atoms with Crippen LogP contribution in [0.25, 0.3) is 16.6 Å². The van der Waals surface area contributed by atoms with Gasteiger partial charge in [0.1, 0.15) is 5.82 Å². The van der Waals surface area contributed by atoms with Crippen LogP contribution in [0.4, 0.5) is 0 Å². The summed E-state index contributed by atoms with van der Waals surface area (Å²) in [7, 11) is 1.66. The second-order valence-corrected chi connectivity index (χ2v) is 7.30. The van der Waals surface area contributed by atoms with Crippen molar-refractivity contribution in [2.24, 2.45) is 0 Å². The smallest absolute Gasteiger partial charge is 0.265 e. The fourth-order valence-corrected chi connectivity index (χ4v) is 3.51. The molecule has 1 heterocycles. The molecule has 0 fully saturated rings. The molecular weight excluding hydrogens is 390 g/mol. The van der Waals surface area contributed by atoms with Gasteiger partial charge in [-0.2, -0.15) is 0 Å². The van der Waals surface area contributed by atoms with Crippen molar-refractivity contribution in [1.29, 1.82) is 0 Å². The SMILES string of the molecule is COCc1ccc(CNC(=O)c2ccc(-n3c(C)nc4ccccc4c3=O)cc2)cc1. The predicted molar refractivity (Wildman–Crippen MR) is 120 cm³/mol. The lowest BCUT2D eigenvalue weighted by Gasteiger charge is -2.12. The first-order chi connectivity index (χ1) is 15.1. The number of benzene rings is 3. The third-order valence-electron chi connectivity index (χ3n) is 5.12. The molecule has 3 aromatic carbocycles. The molecule has 0 unspecified atom stereocenters. The molecule has 0 aliphatic rings. The van der Waals surface area contributed by atoms with Gasteiger partial charge in [0.15, 0.2) is 0 Å². The Hall–Kier alpha value is -3.77. The molecule has 0 atom stereocenters. The summed E-state index contributed by atoms with van der Waals surface area (Å²) in [4.78, 5) is 30.0. The number of hydrogen-bond acceptors (Lipinski definition) is 4. The Morgan fingerprint density at radius 2 is 1.65 bits per heavy atom. The van der Waals surface area contributed by atoms with Gasteiger partial charge in [0.05, 0.1) is 23.2 Å². The van der Waals surface area contributed by atoms with Gasteiger partial charge >= 0.3 is 0 Å². The third-order valence-corrected chi connectivity index (χ3v) is 5.12. The van der Waals surface area contributed by atoms with Gasteiger partial charge in [0.25, 0.3) is 11.5 Å². The molecule has 0 aliphatic heterocycles. The number of hydrogen-bond donors (Lipinski definition) is 1. The van der Waals surface area contributed by atoms with Crippen molar-refractivity contribution >= 4 is 16.8 Å². The number of carbonyl (C=O) groups excluding carboxylic acids is 1. The van der Waals surface area contributed by atoms with E-state index in [9.17, 15) is 9.59 Å². The highest BCUT2D eigenvalue weighted by Crippen LogP contribution is 2.14. The first kappa shape index (κ1) is 20.5. The lowest BCUT2D eigenvalue weighted by molar-refractivity contribution is 0.0951. The summed E-state index contributed by atoms with van der Waals surface area (Å²) in [6.45, 7) is 2.79. The van der Waals surface area contributed by atoms with E-state index in [2.05, 4.69) is 10.3 Å². The number of ether oxygens (including phenoxy) is 1. The van der Waals surface area contributed by atoms with Gasteiger partial charge in [-0.05, 0) is 54.4 Å². The highest BCUT2D eigenvalue weighted by molar-refractivity contribution is 5.94. The normalized spacial score (nSPS) is 10.9. The Morgan fingerprint density at radius 3 is 2.35 bits per heavy atom. The number of para-hydroxylation sites is 1. The van der Waals surface area contributed by atoms with Crippen molar-refractivity contribution in [3.63, 3.8) is 0 Å². The minimum atomic E-state index is -0.173. The Morgan fingerprint density at radius 1 is 0.968 bits per heavy atom. The maximum Gasteiger partial charge on any atom is 0.265 e. The second-order valence-electron chi connectivity index (χ2n) is 7.30. The van der Waals surface area contributed by atoms with E-state index in [1.54, 1.807) is 48.9 Å². The average Bonchev–Trinajstić information content (AvgIpc) is 2.79. The zero-order chi connectivity index (χ0) is 21.8. The summed E-state index contributed by atoms with van der Waals surface area (Å²) in [5, 5.41) is 3.48. The highest BCUT2D eigenvalue weighted by atomic mass is 16.5. The molecule has 0 radical (unpaired) electrons. The van der Waals surface area contributed by atoms with Gasteiger partial charge < -0.3 is 10.1 Å². The van der Waals surface area contributed by atoms with Gasteiger partial charge in [0, 0.05) is 19.2 Å². The summed E-state index contributed by atoms with van der Waals surface area (Å²) in [5.41, 5.74) is 3.84. The number of carbonyl (C=O) groups is 1. The molecule has 156 valence electrons. The zero-order valence-corrected chi connectivity index (χ0v) is 17.5. The topological polar surface area (TPSA) is 73.2 Å². The zero-order valence-electron chi connectivity index (χ0n) is 17.5. The molecule has 1 N–H and O–H groups in total. The Kier molecular flexibility index (Phi) is 5.91. The van der Waals surface area contributed by atoms with Gasteiger partial charge in [-0.1, -0.05) is 36.4 Å². The molecule has 1 amide bonds. The van der Waals surface area contributed by atoms with Gasteiger partial charge in [-0.25, -0.2) is 4.98 Å². The molecule has 31 heavy (non-hydrogen) atoms. The highest BCUT2D eigenvalue weighted by Gasteiger charge is 2.11. The van der Waals surface area contributed by atoms with E-state index in [1.807, 2.05) is 42.5 Å².